The van der Waals surface area contributed by atoms with Crippen LogP contribution in [0.5, 0.6) is 0 Å². The molecule has 2 amide bonds. The number of benzene rings is 2. The summed E-state index contributed by atoms with van der Waals surface area (Å²) in [5, 5.41) is 11.7. The van der Waals surface area contributed by atoms with Gasteiger partial charge in [0.25, 0.3) is 0 Å². The van der Waals surface area contributed by atoms with Crippen LogP contribution in [0.15, 0.2) is 48.5 Å². The summed E-state index contributed by atoms with van der Waals surface area (Å²) in [6.07, 6.45) is -0.0245. The van der Waals surface area contributed by atoms with Crippen molar-refractivity contribution in [1.29, 1.82) is 0 Å². The molecule has 3 N–H and O–H groups in total. The normalized spacial score (nSPS) is 17.3. The van der Waals surface area contributed by atoms with Crippen molar-refractivity contribution in [2.24, 2.45) is 5.92 Å². The Labute approximate surface area is 192 Å². The first kappa shape index (κ1) is 22.8. The molecule has 0 spiro atoms. The number of ether oxygens (including phenoxy) is 1. The number of rotatable bonds is 9. The first-order chi connectivity index (χ1) is 15.8. The Balaban J connectivity index is 1.37. The maximum atomic E-state index is 12.7. The summed E-state index contributed by atoms with van der Waals surface area (Å²) in [5.74, 6) is -1.60. The second-order valence-corrected chi connectivity index (χ2v) is 8.94. The summed E-state index contributed by atoms with van der Waals surface area (Å²) >= 11 is 0. The van der Waals surface area contributed by atoms with Gasteiger partial charge in [-0.25, -0.2) is 15.1 Å². The summed E-state index contributed by atoms with van der Waals surface area (Å²) in [4.78, 5) is 40.8. The first-order valence-corrected chi connectivity index (χ1v) is 11.1. The van der Waals surface area contributed by atoms with E-state index in [0.29, 0.717) is 0 Å². The molecule has 4 rings (SSSR count). The van der Waals surface area contributed by atoms with Gasteiger partial charge in [-0.15, -0.1) is 0 Å². The largest absolute Gasteiger partial charge is 0.479 e. The number of carboxylic acids is 1. The van der Waals surface area contributed by atoms with Crippen LogP contribution in [-0.4, -0.2) is 41.3 Å². The predicted octanol–water partition coefficient (Wildman–Crippen LogP) is 3.60. The van der Waals surface area contributed by atoms with Gasteiger partial charge in [0.1, 0.15) is 6.61 Å². The van der Waals surface area contributed by atoms with E-state index in [1.54, 1.807) is 6.92 Å². The highest BCUT2D eigenvalue weighted by Crippen LogP contribution is 2.45. The zero-order valence-corrected chi connectivity index (χ0v) is 18.7. The van der Waals surface area contributed by atoms with Crippen molar-refractivity contribution in [3.05, 3.63) is 59.7 Å². The average Bonchev–Trinajstić information content (AvgIpc) is 3.60. The highest BCUT2D eigenvalue weighted by atomic mass is 16.7. The average molecular weight is 453 g/mol. The van der Waals surface area contributed by atoms with E-state index in [1.807, 2.05) is 24.3 Å². The Morgan fingerprint density at radius 3 is 2.18 bits per heavy atom. The summed E-state index contributed by atoms with van der Waals surface area (Å²) in [7, 11) is 0. The molecule has 33 heavy (non-hydrogen) atoms. The van der Waals surface area contributed by atoms with Gasteiger partial charge < -0.3 is 15.2 Å². The smallest absolute Gasteiger partial charge is 0.407 e. The topological polar surface area (TPSA) is 114 Å². The van der Waals surface area contributed by atoms with Gasteiger partial charge in [-0.1, -0.05) is 48.5 Å². The number of nitrogens with one attached hydrogen (secondary N) is 2. The summed E-state index contributed by atoms with van der Waals surface area (Å²) < 4.78 is 5.63. The van der Waals surface area contributed by atoms with Gasteiger partial charge in [0.15, 0.2) is 6.10 Å². The first-order valence-electron chi connectivity index (χ1n) is 11.1. The molecule has 2 aromatic carbocycles. The van der Waals surface area contributed by atoms with E-state index in [4.69, 9.17) is 14.7 Å². The van der Waals surface area contributed by atoms with Gasteiger partial charge in [-0.05, 0) is 54.9 Å². The second kappa shape index (κ2) is 9.23. The van der Waals surface area contributed by atoms with E-state index in [2.05, 4.69) is 35.1 Å². The molecule has 2 aromatic rings. The van der Waals surface area contributed by atoms with Crippen LogP contribution in [0.4, 0.5) is 4.79 Å². The van der Waals surface area contributed by atoms with Gasteiger partial charge in [0.2, 0.25) is 5.91 Å². The van der Waals surface area contributed by atoms with Crippen LogP contribution in [0.3, 0.4) is 0 Å². The van der Waals surface area contributed by atoms with Gasteiger partial charge in [-0.2, -0.15) is 0 Å². The zero-order valence-electron chi connectivity index (χ0n) is 18.7. The lowest BCUT2D eigenvalue weighted by Gasteiger charge is -2.30. The van der Waals surface area contributed by atoms with Gasteiger partial charge >= 0.3 is 12.1 Å². The molecule has 174 valence electrons. The van der Waals surface area contributed by atoms with Crippen molar-refractivity contribution in [2.75, 3.05) is 6.61 Å². The van der Waals surface area contributed by atoms with Crippen LogP contribution in [0.25, 0.3) is 11.1 Å². The predicted molar refractivity (Wildman–Crippen MR) is 120 cm³/mol. The number of carbonyl (C=O) groups excluding carboxylic acids is 2. The zero-order chi connectivity index (χ0) is 23.6. The fourth-order valence-electron chi connectivity index (χ4n) is 4.45. The van der Waals surface area contributed by atoms with E-state index in [0.717, 1.165) is 35.1 Å². The third kappa shape index (κ3) is 5.01. The van der Waals surface area contributed by atoms with Crippen molar-refractivity contribution >= 4 is 18.0 Å². The summed E-state index contributed by atoms with van der Waals surface area (Å²) in [5.41, 5.74) is 5.90. The van der Waals surface area contributed by atoms with Crippen molar-refractivity contribution in [2.45, 2.75) is 50.7 Å². The van der Waals surface area contributed by atoms with Crippen LogP contribution in [0.2, 0.25) is 0 Å². The molecule has 2 aliphatic rings. The number of hydroxylamine groups is 1. The molecule has 1 fully saturated rings. The summed E-state index contributed by atoms with van der Waals surface area (Å²) in [6.45, 7) is 3.30. The van der Waals surface area contributed by atoms with E-state index in [9.17, 15) is 14.4 Å². The van der Waals surface area contributed by atoms with Crippen molar-refractivity contribution in [1.82, 2.24) is 10.8 Å². The van der Waals surface area contributed by atoms with E-state index in [1.165, 1.54) is 6.92 Å². The molecule has 2 atom stereocenters. The summed E-state index contributed by atoms with van der Waals surface area (Å²) in [6, 6.07) is 16.2. The molecule has 1 saturated carbocycles. The van der Waals surface area contributed by atoms with Crippen LogP contribution in [0.1, 0.15) is 50.2 Å². The molecule has 0 aromatic heterocycles. The molecule has 2 unspecified atom stereocenters. The minimum absolute atomic E-state index is 0.0474. The number of carbonyl (C=O) groups is 3. The molecule has 2 aliphatic carbocycles. The Kier molecular flexibility index (Phi) is 6.37. The molecule has 0 bridgehead atoms. The lowest BCUT2D eigenvalue weighted by Crippen LogP contribution is -2.51. The molecule has 8 heteroatoms. The molecule has 0 saturated heterocycles. The van der Waals surface area contributed by atoms with Crippen molar-refractivity contribution in [3.63, 3.8) is 0 Å². The molecular weight excluding hydrogens is 424 g/mol. The monoisotopic (exact) mass is 452 g/mol. The van der Waals surface area contributed by atoms with Crippen molar-refractivity contribution in [3.8, 4) is 11.1 Å². The third-order valence-electron chi connectivity index (χ3n) is 6.43. The van der Waals surface area contributed by atoms with Crippen molar-refractivity contribution < 1.29 is 29.1 Å². The third-order valence-corrected chi connectivity index (χ3v) is 6.43. The van der Waals surface area contributed by atoms with Gasteiger partial charge in [0.05, 0.1) is 12.0 Å². The number of carboxylic acid groups (broad SMARTS) is 1. The molecule has 8 nitrogen and oxygen atoms in total. The Morgan fingerprint density at radius 2 is 1.64 bits per heavy atom. The van der Waals surface area contributed by atoms with Gasteiger partial charge in [0, 0.05) is 5.92 Å². The highest BCUT2D eigenvalue weighted by molar-refractivity contribution is 5.80. The van der Waals surface area contributed by atoms with E-state index in [-0.39, 0.29) is 24.9 Å². The second-order valence-electron chi connectivity index (χ2n) is 8.94. The SMILES string of the molecule is CC(ONC(=O)CC(C)(NC(=O)OCC1c2ccccc2-c2ccccc21)C1CC1)C(=O)O. The quantitative estimate of drug-likeness (QED) is 0.501. The lowest BCUT2D eigenvalue weighted by atomic mass is 9.91. The molecule has 0 heterocycles. The highest BCUT2D eigenvalue weighted by Gasteiger charge is 2.44. The fourth-order valence-corrected chi connectivity index (χ4v) is 4.45. The Bertz CT molecular complexity index is 1020. The molecule has 0 aliphatic heterocycles. The number of aliphatic carboxylic acids is 1. The van der Waals surface area contributed by atoms with Crippen LogP contribution < -0.4 is 10.8 Å². The van der Waals surface area contributed by atoms with Crippen LogP contribution >= 0.6 is 0 Å². The van der Waals surface area contributed by atoms with E-state index < -0.39 is 29.6 Å². The fraction of sp³-hybridized carbons (Fsp3) is 0.400. The number of hydrogen-bond donors (Lipinski definition) is 3. The minimum Gasteiger partial charge on any atom is -0.479 e. The van der Waals surface area contributed by atoms with Crippen LogP contribution in [0, 0.1) is 5.92 Å². The lowest BCUT2D eigenvalue weighted by molar-refractivity contribution is -0.159. The number of amides is 2. The van der Waals surface area contributed by atoms with Gasteiger partial charge in [-0.3, -0.25) is 9.63 Å². The van der Waals surface area contributed by atoms with E-state index >= 15 is 0 Å². The molecular formula is C25H28N2O6. The maximum Gasteiger partial charge on any atom is 0.407 e. The minimum atomic E-state index is -1.18. The Morgan fingerprint density at radius 1 is 1.06 bits per heavy atom. The standard InChI is InChI=1S/C25H28N2O6/c1-15(23(29)30)33-27-22(28)13-25(2,16-11-12-16)26-24(31)32-14-21-19-9-5-3-7-17(19)18-8-4-6-10-20(18)21/h3-10,15-16,21H,11-14H2,1-2H3,(H,26,31)(H,27,28)(H,29,30). The maximum absolute atomic E-state index is 12.7. The Hall–Kier alpha value is -3.39. The molecule has 0 radical (unpaired) electrons. The number of fused-ring (bicyclic) bond motifs is 3. The number of hydrogen-bond acceptors (Lipinski definition) is 5. The number of alkyl carbamates (subject to hydrolysis) is 1. The van der Waals surface area contributed by atoms with Crippen LogP contribution in [-0.2, 0) is 19.2 Å².